The van der Waals surface area contributed by atoms with E-state index in [0.717, 1.165) is 56.0 Å². The molecule has 0 atom stereocenters. The van der Waals surface area contributed by atoms with Gasteiger partial charge in [0.2, 0.25) is 0 Å². The molecular formula is C18H30O2S. The first kappa shape index (κ1) is 18.2. The van der Waals surface area contributed by atoms with Gasteiger partial charge in [-0.2, -0.15) is 12.6 Å². The molecule has 3 heteroatoms. The molecule has 0 amide bonds. The Morgan fingerprint density at radius 1 is 0.905 bits per heavy atom. The molecule has 1 aromatic rings. The number of benzene rings is 1. The molecule has 0 unspecified atom stereocenters. The molecule has 0 saturated carbocycles. The van der Waals surface area contributed by atoms with Gasteiger partial charge in [-0.15, -0.1) is 0 Å². The van der Waals surface area contributed by atoms with Crippen molar-refractivity contribution in [3.63, 3.8) is 0 Å². The van der Waals surface area contributed by atoms with E-state index in [4.69, 9.17) is 9.47 Å². The number of rotatable bonds is 11. The van der Waals surface area contributed by atoms with E-state index in [0.29, 0.717) is 6.61 Å². The van der Waals surface area contributed by atoms with Crippen molar-refractivity contribution in [1.82, 2.24) is 0 Å². The first-order valence-electron chi connectivity index (χ1n) is 8.16. The van der Waals surface area contributed by atoms with E-state index in [2.05, 4.69) is 33.4 Å². The predicted octanol–water partition coefficient (Wildman–Crippen LogP) is 5.37. The SMILES string of the molecule is CCCOc1ccccc1OCC(CS)(CCC)CCC. The highest BCUT2D eigenvalue weighted by Crippen LogP contribution is 2.34. The molecule has 2 nitrogen and oxygen atoms in total. The Kier molecular flexibility index (Phi) is 8.67. The van der Waals surface area contributed by atoms with Gasteiger partial charge in [0.25, 0.3) is 0 Å². The van der Waals surface area contributed by atoms with Crippen LogP contribution in [0.5, 0.6) is 11.5 Å². The van der Waals surface area contributed by atoms with Gasteiger partial charge >= 0.3 is 0 Å². The average molecular weight is 311 g/mol. The lowest BCUT2D eigenvalue weighted by molar-refractivity contribution is 0.138. The van der Waals surface area contributed by atoms with Gasteiger partial charge in [-0.25, -0.2) is 0 Å². The van der Waals surface area contributed by atoms with Crippen molar-refractivity contribution in [3.05, 3.63) is 24.3 Å². The fourth-order valence-corrected chi connectivity index (χ4v) is 3.07. The Balaban J connectivity index is 2.74. The second-order valence-electron chi connectivity index (χ2n) is 5.74. The van der Waals surface area contributed by atoms with Crippen LogP contribution in [-0.2, 0) is 0 Å². The lowest BCUT2D eigenvalue weighted by atomic mass is 9.82. The first-order valence-corrected chi connectivity index (χ1v) is 8.80. The number of para-hydroxylation sites is 2. The van der Waals surface area contributed by atoms with Crippen LogP contribution in [0.2, 0.25) is 0 Å². The zero-order valence-electron chi connectivity index (χ0n) is 13.7. The van der Waals surface area contributed by atoms with Crippen molar-refractivity contribution < 1.29 is 9.47 Å². The normalized spacial score (nSPS) is 11.4. The Bertz CT molecular complexity index is 387. The molecule has 21 heavy (non-hydrogen) atoms. The Morgan fingerprint density at radius 2 is 1.48 bits per heavy atom. The van der Waals surface area contributed by atoms with Gasteiger partial charge in [0, 0.05) is 5.41 Å². The zero-order chi connectivity index (χ0) is 15.6. The van der Waals surface area contributed by atoms with Crippen LogP contribution in [0.3, 0.4) is 0 Å². The van der Waals surface area contributed by atoms with Crippen LogP contribution in [0.15, 0.2) is 24.3 Å². The molecule has 120 valence electrons. The van der Waals surface area contributed by atoms with Gasteiger partial charge < -0.3 is 9.47 Å². The standard InChI is InChI=1S/C18H30O2S/c1-4-11-18(15-21,12-5-2)14-20-17-10-8-7-9-16(17)19-13-6-3/h7-10,21H,4-6,11-15H2,1-3H3. The Labute approximate surface area is 135 Å². The van der Waals surface area contributed by atoms with Gasteiger partial charge in [0.15, 0.2) is 11.5 Å². The van der Waals surface area contributed by atoms with Gasteiger partial charge in [-0.05, 0) is 37.1 Å². The van der Waals surface area contributed by atoms with Crippen LogP contribution >= 0.6 is 12.6 Å². The molecule has 0 saturated heterocycles. The number of thiol groups is 1. The Hall–Kier alpha value is -0.830. The topological polar surface area (TPSA) is 18.5 Å². The van der Waals surface area contributed by atoms with Gasteiger partial charge in [-0.1, -0.05) is 45.7 Å². The average Bonchev–Trinajstić information content (AvgIpc) is 2.52. The predicted molar refractivity (Wildman–Crippen MR) is 93.8 cm³/mol. The summed E-state index contributed by atoms with van der Waals surface area (Å²) in [5.41, 5.74) is 0.171. The molecule has 0 N–H and O–H groups in total. The molecule has 0 bridgehead atoms. The molecule has 0 spiro atoms. The molecular weight excluding hydrogens is 280 g/mol. The largest absolute Gasteiger partial charge is 0.490 e. The van der Waals surface area contributed by atoms with Crippen LogP contribution in [0, 0.1) is 5.41 Å². The van der Waals surface area contributed by atoms with Crippen molar-refractivity contribution in [2.75, 3.05) is 19.0 Å². The van der Waals surface area contributed by atoms with E-state index in [-0.39, 0.29) is 5.41 Å². The minimum absolute atomic E-state index is 0.171. The maximum Gasteiger partial charge on any atom is 0.161 e. The van der Waals surface area contributed by atoms with Crippen molar-refractivity contribution in [2.24, 2.45) is 5.41 Å². The van der Waals surface area contributed by atoms with Crippen molar-refractivity contribution >= 4 is 12.6 Å². The highest BCUT2D eigenvalue weighted by atomic mass is 32.1. The third-order valence-corrected chi connectivity index (χ3v) is 4.41. The van der Waals surface area contributed by atoms with E-state index in [1.807, 2.05) is 24.3 Å². The van der Waals surface area contributed by atoms with E-state index in [9.17, 15) is 0 Å². The van der Waals surface area contributed by atoms with Crippen LogP contribution < -0.4 is 9.47 Å². The number of ether oxygens (including phenoxy) is 2. The van der Waals surface area contributed by atoms with E-state index >= 15 is 0 Å². The molecule has 0 aliphatic rings. The zero-order valence-corrected chi connectivity index (χ0v) is 14.6. The smallest absolute Gasteiger partial charge is 0.161 e. The summed E-state index contributed by atoms with van der Waals surface area (Å²) in [7, 11) is 0. The summed E-state index contributed by atoms with van der Waals surface area (Å²) in [5, 5.41) is 0. The lowest BCUT2D eigenvalue weighted by Gasteiger charge is -2.32. The molecule has 0 aliphatic carbocycles. The van der Waals surface area contributed by atoms with Crippen molar-refractivity contribution in [1.29, 1.82) is 0 Å². The van der Waals surface area contributed by atoms with Gasteiger partial charge in [-0.3, -0.25) is 0 Å². The monoisotopic (exact) mass is 310 g/mol. The summed E-state index contributed by atoms with van der Waals surface area (Å²) < 4.78 is 11.9. The molecule has 1 rings (SSSR count). The third kappa shape index (κ3) is 5.82. The summed E-state index contributed by atoms with van der Waals surface area (Å²) in [4.78, 5) is 0. The van der Waals surface area contributed by atoms with Crippen molar-refractivity contribution in [2.45, 2.75) is 52.9 Å². The van der Waals surface area contributed by atoms with Crippen molar-refractivity contribution in [3.8, 4) is 11.5 Å². The summed E-state index contributed by atoms with van der Waals surface area (Å²) in [6.07, 6.45) is 5.64. The fraction of sp³-hybridized carbons (Fsp3) is 0.667. The van der Waals surface area contributed by atoms with E-state index < -0.39 is 0 Å². The summed E-state index contributed by atoms with van der Waals surface area (Å²) in [5.74, 6) is 2.57. The van der Waals surface area contributed by atoms with Gasteiger partial charge in [0.1, 0.15) is 0 Å². The molecule has 0 heterocycles. The van der Waals surface area contributed by atoms with E-state index in [1.165, 1.54) is 0 Å². The fourth-order valence-electron chi connectivity index (χ4n) is 2.67. The highest BCUT2D eigenvalue weighted by Gasteiger charge is 2.28. The van der Waals surface area contributed by atoms with Gasteiger partial charge in [0.05, 0.1) is 13.2 Å². The molecule has 0 radical (unpaired) electrons. The third-order valence-electron chi connectivity index (χ3n) is 3.74. The number of hydrogen-bond acceptors (Lipinski definition) is 3. The molecule has 0 aliphatic heterocycles. The first-order chi connectivity index (χ1) is 10.2. The lowest BCUT2D eigenvalue weighted by Crippen LogP contribution is -2.30. The van der Waals surface area contributed by atoms with E-state index in [1.54, 1.807) is 0 Å². The van der Waals surface area contributed by atoms with Crippen LogP contribution in [-0.4, -0.2) is 19.0 Å². The van der Waals surface area contributed by atoms with Crippen LogP contribution in [0.1, 0.15) is 52.9 Å². The summed E-state index contributed by atoms with van der Waals surface area (Å²) >= 11 is 4.59. The minimum Gasteiger partial charge on any atom is -0.490 e. The summed E-state index contributed by atoms with van der Waals surface area (Å²) in [6, 6.07) is 7.96. The Morgan fingerprint density at radius 3 is 1.95 bits per heavy atom. The van der Waals surface area contributed by atoms with Crippen LogP contribution in [0.25, 0.3) is 0 Å². The van der Waals surface area contributed by atoms with Crippen LogP contribution in [0.4, 0.5) is 0 Å². The second kappa shape index (κ2) is 9.99. The minimum atomic E-state index is 0.171. The highest BCUT2D eigenvalue weighted by molar-refractivity contribution is 7.80. The molecule has 1 aromatic carbocycles. The second-order valence-corrected chi connectivity index (χ2v) is 6.06. The maximum absolute atomic E-state index is 6.12. The molecule has 0 fully saturated rings. The maximum atomic E-state index is 6.12. The number of hydrogen-bond donors (Lipinski definition) is 1. The molecule has 0 aromatic heterocycles. The summed E-state index contributed by atoms with van der Waals surface area (Å²) in [6.45, 7) is 8.00. The quantitative estimate of drug-likeness (QED) is 0.554.